The van der Waals surface area contributed by atoms with E-state index in [1.807, 2.05) is 12.3 Å². The van der Waals surface area contributed by atoms with E-state index in [2.05, 4.69) is 25.5 Å². The van der Waals surface area contributed by atoms with E-state index < -0.39 is 0 Å². The Labute approximate surface area is 108 Å². The van der Waals surface area contributed by atoms with Crippen molar-refractivity contribution in [1.82, 2.24) is 15.3 Å². The minimum absolute atomic E-state index is 0.572. The lowest BCUT2D eigenvalue weighted by atomic mass is 10.2. The fourth-order valence-corrected chi connectivity index (χ4v) is 2.74. The Kier molecular flexibility index (Phi) is 3.59. The molecule has 5 nitrogen and oxygen atoms in total. The molecular weight excluding hydrogens is 226 g/mol. The molecule has 5 heteroatoms. The second-order valence-corrected chi connectivity index (χ2v) is 5.10. The average molecular weight is 247 g/mol. The SMILES string of the molecule is c1cc(N2CCNCC2)nc(NC2CCCC2)n1. The summed E-state index contributed by atoms with van der Waals surface area (Å²) < 4.78 is 0. The van der Waals surface area contributed by atoms with E-state index in [4.69, 9.17) is 0 Å². The molecule has 3 rings (SSSR count). The van der Waals surface area contributed by atoms with Gasteiger partial charge < -0.3 is 15.5 Å². The maximum atomic E-state index is 4.64. The summed E-state index contributed by atoms with van der Waals surface area (Å²) in [4.78, 5) is 11.3. The van der Waals surface area contributed by atoms with Gasteiger partial charge in [-0.05, 0) is 18.9 Å². The van der Waals surface area contributed by atoms with Crippen molar-refractivity contribution < 1.29 is 0 Å². The van der Waals surface area contributed by atoms with Gasteiger partial charge in [0.15, 0.2) is 0 Å². The smallest absolute Gasteiger partial charge is 0.224 e. The molecule has 2 aliphatic rings. The van der Waals surface area contributed by atoms with Crippen molar-refractivity contribution in [3.8, 4) is 0 Å². The van der Waals surface area contributed by atoms with Gasteiger partial charge in [0, 0.05) is 38.4 Å². The molecule has 0 unspecified atom stereocenters. The van der Waals surface area contributed by atoms with Crippen LogP contribution in [0.3, 0.4) is 0 Å². The van der Waals surface area contributed by atoms with E-state index in [-0.39, 0.29) is 0 Å². The number of hydrogen-bond acceptors (Lipinski definition) is 5. The molecule has 1 aliphatic carbocycles. The van der Waals surface area contributed by atoms with Crippen LogP contribution in [0, 0.1) is 0 Å². The van der Waals surface area contributed by atoms with Crippen molar-refractivity contribution >= 4 is 11.8 Å². The number of nitrogens with one attached hydrogen (secondary N) is 2. The fraction of sp³-hybridized carbons (Fsp3) is 0.692. The molecule has 2 heterocycles. The monoisotopic (exact) mass is 247 g/mol. The van der Waals surface area contributed by atoms with Gasteiger partial charge in [0.05, 0.1) is 0 Å². The number of hydrogen-bond donors (Lipinski definition) is 2. The Morgan fingerprint density at radius 1 is 1.22 bits per heavy atom. The van der Waals surface area contributed by atoms with Crippen LogP contribution in [0.1, 0.15) is 25.7 Å². The highest BCUT2D eigenvalue weighted by atomic mass is 15.3. The standard InChI is InChI=1S/C13H21N5/c1-2-4-11(3-1)16-13-15-6-5-12(17-13)18-9-7-14-8-10-18/h5-6,11,14H,1-4,7-10H2,(H,15,16,17). The van der Waals surface area contributed by atoms with Gasteiger partial charge in [-0.3, -0.25) is 0 Å². The number of anilines is 2. The third-order valence-corrected chi connectivity index (χ3v) is 3.77. The Morgan fingerprint density at radius 2 is 2.00 bits per heavy atom. The summed E-state index contributed by atoms with van der Waals surface area (Å²) in [5, 5.41) is 6.81. The molecular formula is C13H21N5. The van der Waals surface area contributed by atoms with Crippen LogP contribution in [-0.2, 0) is 0 Å². The molecule has 18 heavy (non-hydrogen) atoms. The molecule has 98 valence electrons. The number of rotatable bonds is 3. The van der Waals surface area contributed by atoms with Crippen molar-refractivity contribution in [2.75, 3.05) is 36.4 Å². The van der Waals surface area contributed by atoms with Gasteiger partial charge >= 0.3 is 0 Å². The molecule has 0 radical (unpaired) electrons. The van der Waals surface area contributed by atoms with Crippen LogP contribution >= 0.6 is 0 Å². The minimum atomic E-state index is 0.572. The largest absolute Gasteiger partial charge is 0.354 e. The summed E-state index contributed by atoms with van der Waals surface area (Å²) >= 11 is 0. The first-order valence-corrected chi connectivity index (χ1v) is 6.97. The van der Waals surface area contributed by atoms with Crippen LogP contribution in [0.25, 0.3) is 0 Å². The molecule has 1 saturated carbocycles. The van der Waals surface area contributed by atoms with E-state index in [1.54, 1.807) is 0 Å². The molecule has 0 spiro atoms. The van der Waals surface area contributed by atoms with Crippen LogP contribution in [-0.4, -0.2) is 42.2 Å². The Balaban J connectivity index is 1.67. The van der Waals surface area contributed by atoms with Gasteiger partial charge in [-0.2, -0.15) is 4.98 Å². The quantitative estimate of drug-likeness (QED) is 0.841. The Bertz CT molecular complexity index is 383. The van der Waals surface area contributed by atoms with Crippen LogP contribution in [0.4, 0.5) is 11.8 Å². The average Bonchev–Trinajstić information content (AvgIpc) is 2.93. The Hall–Kier alpha value is -1.36. The third-order valence-electron chi connectivity index (χ3n) is 3.77. The van der Waals surface area contributed by atoms with E-state index in [0.717, 1.165) is 37.9 Å². The van der Waals surface area contributed by atoms with Gasteiger partial charge in [0.2, 0.25) is 5.95 Å². The minimum Gasteiger partial charge on any atom is -0.354 e. The summed E-state index contributed by atoms with van der Waals surface area (Å²) in [7, 11) is 0. The number of piperazine rings is 1. The van der Waals surface area contributed by atoms with E-state index in [1.165, 1.54) is 25.7 Å². The normalized spacial score (nSPS) is 21.2. The maximum Gasteiger partial charge on any atom is 0.224 e. The summed E-state index contributed by atoms with van der Waals surface area (Å²) in [5.41, 5.74) is 0. The van der Waals surface area contributed by atoms with Gasteiger partial charge in [0.1, 0.15) is 5.82 Å². The van der Waals surface area contributed by atoms with Gasteiger partial charge in [-0.15, -0.1) is 0 Å². The summed E-state index contributed by atoms with van der Waals surface area (Å²) in [5.74, 6) is 1.84. The molecule has 1 aromatic rings. The molecule has 1 aromatic heterocycles. The van der Waals surface area contributed by atoms with Gasteiger partial charge in [0.25, 0.3) is 0 Å². The van der Waals surface area contributed by atoms with E-state index >= 15 is 0 Å². The zero-order valence-corrected chi connectivity index (χ0v) is 10.7. The second-order valence-electron chi connectivity index (χ2n) is 5.10. The summed E-state index contributed by atoms with van der Waals surface area (Å²) in [6.07, 6.45) is 7.02. The lowest BCUT2D eigenvalue weighted by Crippen LogP contribution is -2.44. The van der Waals surface area contributed by atoms with Crippen molar-refractivity contribution in [2.24, 2.45) is 0 Å². The molecule has 0 amide bonds. The fourth-order valence-electron chi connectivity index (χ4n) is 2.74. The third kappa shape index (κ3) is 2.72. The first-order valence-electron chi connectivity index (χ1n) is 6.97. The molecule has 2 fully saturated rings. The van der Waals surface area contributed by atoms with Gasteiger partial charge in [-0.1, -0.05) is 12.8 Å². The summed E-state index contributed by atoms with van der Waals surface area (Å²) in [6.45, 7) is 4.13. The summed E-state index contributed by atoms with van der Waals surface area (Å²) in [6, 6.07) is 2.58. The van der Waals surface area contributed by atoms with Crippen LogP contribution in [0.15, 0.2) is 12.3 Å². The second kappa shape index (κ2) is 5.52. The van der Waals surface area contributed by atoms with Crippen molar-refractivity contribution in [1.29, 1.82) is 0 Å². The zero-order chi connectivity index (χ0) is 12.2. The number of aromatic nitrogens is 2. The molecule has 1 aliphatic heterocycles. The van der Waals surface area contributed by atoms with Crippen LogP contribution in [0.5, 0.6) is 0 Å². The van der Waals surface area contributed by atoms with Crippen LogP contribution in [0.2, 0.25) is 0 Å². The topological polar surface area (TPSA) is 53.1 Å². The zero-order valence-electron chi connectivity index (χ0n) is 10.7. The van der Waals surface area contributed by atoms with E-state index in [9.17, 15) is 0 Å². The first kappa shape index (κ1) is 11.7. The van der Waals surface area contributed by atoms with Crippen LogP contribution < -0.4 is 15.5 Å². The highest BCUT2D eigenvalue weighted by Gasteiger charge is 2.17. The Morgan fingerprint density at radius 3 is 2.78 bits per heavy atom. The van der Waals surface area contributed by atoms with Crippen molar-refractivity contribution in [3.63, 3.8) is 0 Å². The maximum absolute atomic E-state index is 4.64. The van der Waals surface area contributed by atoms with Gasteiger partial charge in [-0.25, -0.2) is 4.98 Å². The lowest BCUT2D eigenvalue weighted by molar-refractivity contribution is 0.584. The predicted molar refractivity (Wildman–Crippen MR) is 73.0 cm³/mol. The number of nitrogens with zero attached hydrogens (tertiary/aromatic N) is 3. The molecule has 0 atom stereocenters. The molecule has 2 N–H and O–H groups in total. The lowest BCUT2D eigenvalue weighted by Gasteiger charge is -2.28. The molecule has 0 bridgehead atoms. The van der Waals surface area contributed by atoms with E-state index in [0.29, 0.717) is 6.04 Å². The predicted octanol–water partition coefficient (Wildman–Crippen LogP) is 1.24. The van der Waals surface area contributed by atoms with Crippen molar-refractivity contribution in [3.05, 3.63) is 12.3 Å². The molecule has 1 saturated heterocycles. The first-order chi connectivity index (χ1) is 8.92. The highest BCUT2D eigenvalue weighted by Crippen LogP contribution is 2.21. The molecule has 0 aromatic carbocycles. The highest BCUT2D eigenvalue weighted by molar-refractivity contribution is 5.43. The van der Waals surface area contributed by atoms with Crippen molar-refractivity contribution in [2.45, 2.75) is 31.7 Å².